The van der Waals surface area contributed by atoms with E-state index in [1.54, 1.807) is 6.07 Å². The first-order valence-electron chi connectivity index (χ1n) is 3.93. The van der Waals surface area contributed by atoms with E-state index in [-0.39, 0.29) is 5.97 Å². The number of hydrogen-bond donors (Lipinski definition) is 0. The van der Waals surface area contributed by atoms with Crippen molar-refractivity contribution in [3.8, 4) is 0 Å². The van der Waals surface area contributed by atoms with Crippen molar-refractivity contribution in [2.24, 2.45) is 0 Å². The van der Waals surface area contributed by atoms with Crippen LogP contribution in [-0.4, -0.2) is 13.1 Å². The smallest absolute Gasteiger partial charge is 0.337 e. The Balaban J connectivity index is 3.06. The standard InChI is InChI=1S/C10H11BrO2/c1-7-3-4-8(10(12)13-2)5-9(7)6-11/h3-5H,6H2,1-2H3. The third-order valence-electron chi connectivity index (χ3n) is 1.91. The van der Waals surface area contributed by atoms with Crippen LogP contribution in [0.3, 0.4) is 0 Å². The second-order valence-corrected chi connectivity index (χ2v) is 3.33. The Bertz CT molecular complexity index is 321. The SMILES string of the molecule is COC(=O)c1ccc(C)c(CBr)c1. The summed E-state index contributed by atoms with van der Waals surface area (Å²) in [5.74, 6) is -0.290. The van der Waals surface area contributed by atoms with Crippen LogP contribution in [0.2, 0.25) is 0 Å². The average Bonchev–Trinajstić information content (AvgIpc) is 2.17. The zero-order valence-corrected chi connectivity index (χ0v) is 9.22. The van der Waals surface area contributed by atoms with Crippen LogP contribution in [0.5, 0.6) is 0 Å². The number of rotatable bonds is 2. The quantitative estimate of drug-likeness (QED) is 0.589. The summed E-state index contributed by atoms with van der Waals surface area (Å²) >= 11 is 3.36. The predicted octanol–water partition coefficient (Wildman–Crippen LogP) is 2.68. The van der Waals surface area contributed by atoms with Gasteiger partial charge in [0.05, 0.1) is 12.7 Å². The Morgan fingerprint density at radius 3 is 2.77 bits per heavy atom. The van der Waals surface area contributed by atoms with Gasteiger partial charge in [-0.1, -0.05) is 22.0 Å². The molecule has 1 aromatic rings. The van der Waals surface area contributed by atoms with Crippen molar-refractivity contribution >= 4 is 21.9 Å². The molecule has 0 radical (unpaired) electrons. The third-order valence-corrected chi connectivity index (χ3v) is 2.52. The van der Waals surface area contributed by atoms with Crippen molar-refractivity contribution in [3.05, 3.63) is 34.9 Å². The number of halogens is 1. The van der Waals surface area contributed by atoms with E-state index in [0.29, 0.717) is 5.56 Å². The molecule has 0 aliphatic carbocycles. The van der Waals surface area contributed by atoms with Crippen LogP contribution < -0.4 is 0 Å². The van der Waals surface area contributed by atoms with Crippen LogP contribution >= 0.6 is 15.9 Å². The number of ether oxygens (including phenoxy) is 1. The highest BCUT2D eigenvalue weighted by atomic mass is 79.9. The van der Waals surface area contributed by atoms with E-state index < -0.39 is 0 Å². The summed E-state index contributed by atoms with van der Waals surface area (Å²) in [6, 6.07) is 5.53. The fourth-order valence-electron chi connectivity index (χ4n) is 1.06. The topological polar surface area (TPSA) is 26.3 Å². The lowest BCUT2D eigenvalue weighted by atomic mass is 10.1. The monoisotopic (exact) mass is 242 g/mol. The van der Waals surface area contributed by atoms with Crippen molar-refractivity contribution < 1.29 is 9.53 Å². The van der Waals surface area contributed by atoms with Gasteiger partial charge in [0.25, 0.3) is 0 Å². The summed E-state index contributed by atoms with van der Waals surface area (Å²) in [4.78, 5) is 11.2. The molecule has 0 saturated carbocycles. The molecule has 0 heterocycles. The number of methoxy groups -OCH3 is 1. The van der Waals surface area contributed by atoms with E-state index in [1.165, 1.54) is 12.7 Å². The van der Waals surface area contributed by atoms with E-state index in [9.17, 15) is 4.79 Å². The molecule has 1 rings (SSSR count). The number of esters is 1. The maximum absolute atomic E-state index is 11.2. The minimum absolute atomic E-state index is 0.290. The minimum atomic E-state index is -0.290. The van der Waals surface area contributed by atoms with Gasteiger partial charge in [0.2, 0.25) is 0 Å². The highest BCUT2D eigenvalue weighted by Gasteiger charge is 2.06. The van der Waals surface area contributed by atoms with E-state index in [0.717, 1.165) is 10.9 Å². The maximum Gasteiger partial charge on any atom is 0.337 e. The molecule has 0 aliphatic heterocycles. The van der Waals surface area contributed by atoms with E-state index in [2.05, 4.69) is 20.7 Å². The Morgan fingerprint density at radius 2 is 2.23 bits per heavy atom. The molecule has 0 unspecified atom stereocenters. The van der Waals surface area contributed by atoms with Crippen molar-refractivity contribution in [3.63, 3.8) is 0 Å². The molecule has 0 saturated heterocycles. The zero-order chi connectivity index (χ0) is 9.84. The first-order valence-corrected chi connectivity index (χ1v) is 5.05. The molecule has 0 bridgehead atoms. The van der Waals surface area contributed by atoms with Crippen LogP contribution in [0.15, 0.2) is 18.2 Å². The van der Waals surface area contributed by atoms with Gasteiger partial charge in [-0.2, -0.15) is 0 Å². The largest absolute Gasteiger partial charge is 0.465 e. The molecule has 0 amide bonds. The minimum Gasteiger partial charge on any atom is -0.465 e. The molecule has 0 aromatic heterocycles. The van der Waals surface area contributed by atoms with Crippen LogP contribution in [0, 0.1) is 6.92 Å². The molecule has 2 nitrogen and oxygen atoms in total. The summed E-state index contributed by atoms with van der Waals surface area (Å²) in [7, 11) is 1.38. The van der Waals surface area contributed by atoms with Gasteiger partial charge in [0.15, 0.2) is 0 Å². The Morgan fingerprint density at radius 1 is 1.54 bits per heavy atom. The fraction of sp³-hybridized carbons (Fsp3) is 0.300. The molecule has 0 atom stereocenters. The molecule has 0 aliphatic rings. The zero-order valence-electron chi connectivity index (χ0n) is 7.63. The van der Waals surface area contributed by atoms with Gasteiger partial charge in [-0.25, -0.2) is 4.79 Å². The van der Waals surface area contributed by atoms with Gasteiger partial charge in [0, 0.05) is 5.33 Å². The first-order chi connectivity index (χ1) is 6.19. The second-order valence-electron chi connectivity index (χ2n) is 2.77. The van der Waals surface area contributed by atoms with Gasteiger partial charge >= 0.3 is 5.97 Å². The van der Waals surface area contributed by atoms with Gasteiger partial charge in [-0.15, -0.1) is 0 Å². The maximum atomic E-state index is 11.2. The number of alkyl halides is 1. The lowest BCUT2D eigenvalue weighted by molar-refractivity contribution is 0.0600. The third kappa shape index (κ3) is 2.31. The molecule has 70 valence electrons. The number of carbonyl (C=O) groups is 1. The number of aryl methyl sites for hydroxylation is 1. The molecule has 0 N–H and O–H groups in total. The Labute approximate surface area is 86.0 Å². The molecule has 1 aromatic carbocycles. The molecule has 0 fully saturated rings. The van der Waals surface area contributed by atoms with Gasteiger partial charge in [-0.05, 0) is 30.2 Å². The lowest BCUT2D eigenvalue weighted by Gasteiger charge is -2.04. The van der Waals surface area contributed by atoms with Gasteiger partial charge < -0.3 is 4.74 Å². The van der Waals surface area contributed by atoms with Crippen LogP contribution in [0.4, 0.5) is 0 Å². The first kappa shape index (κ1) is 10.3. The summed E-state index contributed by atoms with van der Waals surface area (Å²) in [5.41, 5.74) is 2.88. The van der Waals surface area contributed by atoms with E-state index in [4.69, 9.17) is 0 Å². The van der Waals surface area contributed by atoms with Crippen molar-refractivity contribution in [2.75, 3.05) is 7.11 Å². The van der Waals surface area contributed by atoms with E-state index in [1.807, 2.05) is 19.1 Å². The number of hydrogen-bond acceptors (Lipinski definition) is 2. The summed E-state index contributed by atoms with van der Waals surface area (Å²) in [6.07, 6.45) is 0. The van der Waals surface area contributed by atoms with Crippen molar-refractivity contribution in [2.45, 2.75) is 12.3 Å². The van der Waals surface area contributed by atoms with Gasteiger partial charge in [-0.3, -0.25) is 0 Å². The second kappa shape index (κ2) is 4.42. The molecule has 3 heteroatoms. The highest BCUT2D eigenvalue weighted by molar-refractivity contribution is 9.08. The molecule has 13 heavy (non-hydrogen) atoms. The number of benzene rings is 1. The van der Waals surface area contributed by atoms with Gasteiger partial charge in [0.1, 0.15) is 0 Å². The van der Waals surface area contributed by atoms with Crippen LogP contribution in [-0.2, 0) is 10.1 Å². The Kier molecular flexibility index (Phi) is 3.48. The highest BCUT2D eigenvalue weighted by Crippen LogP contribution is 2.14. The lowest BCUT2D eigenvalue weighted by Crippen LogP contribution is -2.02. The van der Waals surface area contributed by atoms with Crippen molar-refractivity contribution in [1.82, 2.24) is 0 Å². The van der Waals surface area contributed by atoms with Crippen LogP contribution in [0.25, 0.3) is 0 Å². The normalized spacial score (nSPS) is 9.77. The summed E-state index contributed by atoms with van der Waals surface area (Å²) in [5, 5.41) is 0.754. The average molecular weight is 243 g/mol. The fourth-order valence-corrected chi connectivity index (χ4v) is 1.66. The van der Waals surface area contributed by atoms with Crippen LogP contribution in [0.1, 0.15) is 21.5 Å². The molecular weight excluding hydrogens is 232 g/mol. The molecular formula is C10H11BrO2. The Hall–Kier alpha value is -0.830. The molecule has 0 spiro atoms. The predicted molar refractivity (Wildman–Crippen MR) is 55.1 cm³/mol. The summed E-state index contributed by atoms with van der Waals surface area (Å²) in [6.45, 7) is 2.01. The summed E-state index contributed by atoms with van der Waals surface area (Å²) < 4.78 is 4.62. The van der Waals surface area contributed by atoms with E-state index >= 15 is 0 Å². The number of carbonyl (C=O) groups excluding carboxylic acids is 1. The van der Waals surface area contributed by atoms with Crippen molar-refractivity contribution in [1.29, 1.82) is 0 Å².